The molecule has 2 aromatic carbocycles. The van der Waals surface area contributed by atoms with Crippen molar-refractivity contribution in [3.63, 3.8) is 0 Å². The molecule has 100 valence electrons. The van der Waals surface area contributed by atoms with Crippen LogP contribution in [0.4, 0.5) is 0 Å². The maximum Gasteiger partial charge on any atom is 0.144 e. The minimum Gasteiger partial charge on any atom is -0.507 e. The molecule has 0 aliphatic rings. The lowest BCUT2D eigenvalue weighted by atomic mass is 10.0. The summed E-state index contributed by atoms with van der Waals surface area (Å²) in [6, 6.07) is 9.18. The van der Waals surface area contributed by atoms with Gasteiger partial charge in [-0.15, -0.1) is 0 Å². The van der Waals surface area contributed by atoms with Crippen LogP contribution >= 0.6 is 15.9 Å². The van der Waals surface area contributed by atoms with Gasteiger partial charge in [-0.05, 0) is 47.1 Å². The summed E-state index contributed by atoms with van der Waals surface area (Å²) < 4.78 is 11.4. The maximum atomic E-state index is 10.0. The van der Waals surface area contributed by atoms with E-state index >= 15 is 0 Å². The summed E-state index contributed by atoms with van der Waals surface area (Å²) in [7, 11) is 3.19. The molecule has 4 heteroatoms. The molecule has 1 N–H and O–H groups in total. The molecule has 0 saturated carbocycles. The summed E-state index contributed by atoms with van der Waals surface area (Å²) in [6.07, 6.45) is 0. The van der Waals surface area contributed by atoms with Gasteiger partial charge < -0.3 is 14.6 Å². The number of aryl methyl sites for hydroxylation is 1. The van der Waals surface area contributed by atoms with Gasteiger partial charge in [0.05, 0.1) is 14.2 Å². The third kappa shape index (κ3) is 2.54. The van der Waals surface area contributed by atoms with Crippen LogP contribution in [-0.4, -0.2) is 19.3 Å². The summed E-state index contributed by atoms with van der Waals surface area (Å²) >= 11 is 3.46. The van der Waals surface area contributed by atoms with Gasteiger partial charge in [0.25, 0.3) is 0 Å². The van der Waals surface area contributed by atoms with Crippen molar-refractivity contribution in [2.45, 2.75) is 6.92 Å². The van der Waals surface area contributed by atoms with Crippen LogP contribution in [0.15, 0.2) is 34.8 Å². The van der Waals surface area contributed by atoms with Crippen molar-refractivity contribution in [2.75, 3.05) is 14.2 Å². The van der Waals surface area contributed by atoms with Crippen LogP contribution in [0.25, 0.3) is 11.1 Å². The van der Waals surface area contributed by atoms with E-state index < -0.39 is 0 Å². The fourth-order valence-electron chi connectivity index (χ4n) is 1.97. The normalized spacial score (nSPS) is 10.3. The van der Waals surface area contributed by atoms with E-state index in [-0.39, 0.29) is 5.75 Å². The highest BCUT2D eigenvalue weighted by molar-refractivity contribution is 9.10. The first-order valence-corrected chi connectivity index (χ1v) is 6.58. The predicted molar refractivity (Wildman–Crippen MR) is 79.1 cm³/mol. The van der Waals surface area contributed by atoms with Crippen molar-refractivity contribution in [3.05, 3.63) is 40.4 Å². The molecule has 0 atom stereocenters. The van der Waals surface area contributed by atoms with Crippen LogP contribution in [-0.2, 0) is 0 Å². The SMILES string of the molecule is COc1ccc(-c2cc(C)ccc2O)c(OC)c1Br. The smallest absolute Gasteiger partial charge is 0.144 e. The second-order valence-electron chi connectivity index (χ2n) is 4.18. The average Bonchev–Trinajstić information content (AvgIpc) is 2.41. The second-order valence-corrected chi connectivity index (χ2v) is 4.98. The van der Waals surface area contributed by atoms with Crippen molar-refractivity contribution >= 4 is 15.9 Å². The van der Waals surface area contributed by atoms with Gasteiger partial charge in [-0.2, -0.15) is 0 Å². The Morgan fingerprint density at radius 1 is 1.00 bits per heavy atom. The Kier molecular flexibility index (Phi) is 4.00. The van der Waals surface area contributed by atoms with Crippen LogP contribution in [0, 0.1) is 6.92 Å². The Hall–Kier alpha value is -1.68. The zero-order valence-corrected chi connectivity index (χ0v) is 12.6. The molecule has 0 aliphatic carbocycles. The lowest BCUT2D eigenvalue weighted by Crippen LogP contribution is -1.93. The van der Waals surface area contributed by atoms with Crippen molar-refractivity contribution in [1.29, 1.82) is 0 Å². The first-order chi connectivity index (χ1) is 9.08. The van der Waals surface area contributed by atoms with Crippen LogP contribution in [0.5, 0.6) is 17.2 Å². The Morgan fingerprint density at radius 2 is 1.74 bits per heavy atom. The Balaban J connectivity index is 2.68. The van der Waals surface area contributed by atoms with Gasteiger partial charge in [-0.3, -0.25) is 0 Å². The highest BCUT2D eigenvalue weighted by Crippen LogP contribution is 2.44. The molecular weight excluding hydrogens is 308 g/mol. The molecule has 0 unspecified atom stereocenters. The quantitative estimate of drug-likeness (QED) is 0.922. The summed E-state index contributed by atoms with van der Waals surface area (Å²) in [4.78, 5) is 0. The fraction of sp³-hybridized carbons (Fsp3) is 0.200. The summed E-state index contributed by atoms with van der Waals surface area (Å²) in [5, 5.41) is 10.0. The molecule has 0 amide bonds. The predicted octanol–water partition coefficient (Wildman–Crippen LogP) is 4.15. The standard InChI is InChI=1S/C15H15BrO3/c1-9-4-6-12(17)11(8-9)10-5-7-13(18-2)14(16)15(10)19-3/h4-8,17H,1-3H3. The van der Waals surface area contributed by atoms with Crippen LogP contribution in [0.3, 0.4) is 0 Å². The number of hydrogen-bond donors (Lipinski definition) is 1. The minimum absolute atomic E-state index is 0.223. The van der Waals surface area contributed by atoms with E-state index in [9.17, 15) is 5.11 Å². The number of hydrogen-bond acceptors (Lipinski definition) is 3. The van der Waals surface area contributed by atoms with Crippen LogP contribution < -0.4 is 9.47 Å². The van der Waals surface area contributed by atoms with Gasteiger partial charge in [0.2, 0.25) is 0 Å². The topological polar surface area (TPSA) is 38.7 Å². The lowest BCUT2D eigenvalue weighted by molar-refractivity contribution is 0.390. The molecule has 0 aromatic heterocycles. The van der Waals surface area contributed by atoms with Crippen LogP contribution in [0.1, 0.15) is 5.56 Å². The minimum atomic E-state index is 0.223. The molecule has 0 aliphatic heterocycles. The molecule has 0 radical (unpaired) electrons. The van der Waals surface area contributed by atoms with E-state index in [4.69, 9.17) is 9.47 Å². The van der Waals surface area contributed by atoms with E-state index in [1.165, 1.54) is 0 Å². The number of phenols is 1. The highest BCUT2D eigenvalue weighted by Gasteiger charge is 2.16. The lowest BCUT2D eigenvalue weighted by Gasteiger charge is -2.14. The third-order valence-electron chi connectivity index (χ3n) is 2.93. The first kappa shape index (κ1) is 13.7. The van der Waals surface area contributed by atoms with Crippen LogP contribution in [0.2, 0.25) is 0 Å². The van der Waals surface area contributed by atoms with Gasteiger partial charge in [0.1, 0.15) is 21.7 Å². The molecule has 0 spiro atoms. The van der Waals surface area contributed by atoms with E-state index in [0.29, 0.717) is 11.5 Å². The number of aromatic hydroxyl groups is 1. The van der Waals surface area contributed by atoms with Crippen molar-refractivity contribution in [2.24, 2.45) is 0 Å². The molecule has 0 bridgehead atoms. The van der Waals surface area contributed by atoms with Crippen molar-refractivity contribution in [3.8, 4) is 28.4 Å². The van der Waals surface area contributed by atoms with Crippen molar-refractivity contribution in [1.82, 2.24) is 0 Å². The maximum absolute atomic E-state index is 10.0. The Morgan fingerprint density at radius 3 is 2.37 bits per heavy atom. The molecular formula is C15H15BrO3. The molecule has 19 heavy (non-hydrogen) atoms. The molecule has 2 rings (SSSR count). The largest absolute Gasteiger partial charge is 0.507 e. The molecule has 0 heterocycles. The summed E-state index contributed by atoms with van der Waals surface area (Å²) in [5.74, 6) is 1.55. The zero-order valence-electron chi connectivity index (χ0n) is 11.0. The van der Waals surface area contributed by atoms with E-state index in [0.717, 1.165) is 21.2 Å². The van der Waals surface area contributed by atoms with E-state index in [1.54, 1.807) is 20.3 Å². The molecule has 0 fully saturated rings. The number of phenolic OH excluding ortho intramolecular Hbond substituents is 1. The van der Waals surface area contributed by atoms with Gasteiger partial charge >= 0.3 is 0 Å². The van der Waals surface area contributed by atoms with Crippen molar-refractivity contribution < 1.29 is 14.6 Å². The highest BCUT2D eigenvalue weighted by atomic mass is 79.9. The Labute approximate surface area is 120 Å². The number of ether oxygens (including phenoxy) is 2. The second kappa shape index (κ2) is 5.53. The molecule has 3 nitrogen and oxygen atoms in total. The third-order valence-corrected chi connectivity index (χ3v) is 3.68. The first-order valence-electron chi connectivity index (χ1n) is 5.79. The number of halogens is 1. The number of rotatable bonds is 3. The van der Waals surface area contributed by atoms with Gasteiger partial charge in [0, 0.05) is 11.1 Å². The monoisotopic (exact) mass is 322 g/mol. The Bertz CT molecular complexity index is 609. The van der Waals surface area contributed by atoms with Gasteiger partial charge in [-0.25, -0.2) is 0 Å². The van der Waals surface area contributed by atoms with Gasteiger partial charge in [0.15, 0.2) is 0 Å². The summed E-state index contributed by atoms with van der Waals surface area (Å²) in [6.45, 7) is 1.98. The zero-order chi connectivity index (χ0) is 14.0. The molecule has 0 saturated heterocycles. The summed E-state index contributed by atoms with van der Waals surface area (Å²) in [5.41, 5.74) is 2.62. The van der Waals surface area contributed by atoms with E-state index in [1.807, 2.05) is 31.2 Å². The van der Waals surface area contributed by atoms with Gasteiger partial charge in [-0.1, -0.05) is 11.6 Å². The van der Waals surface area contributed by atoms with E-state index in [2.05, 4.69) is 15.9 Å². The number of methoxy groups -OCH3 is 2. The molecule has 2 aromatic rings. The fourth-order valence-corrected chi connectivity index (χ4v) is 2.64. The number of benzene rings is 2. The average molecular weight is 323 g/mol.